The summed E-state index contributed by atoms with van der Waals surface area (Å²) in [6.45, 7) is 0. The van der Waals surface area contributed by atoms with Crippen LogP contribution in [-0.4, -0.2) is 36.3 Å². The van der Waals surface area contributed by atoms with Crippen LogP contribution >= 0.6 is 23.6 Å². The fourth-order valence-electron chi connectivity index (χ4n) is 9.94. The van der Waals surface area contributed by atoms with Crippen LogP contribution in [0.4, 0.5) is 0 Å². The van der Waals surface area contributed by atoms with Gasteiger partial charge in [-0.25, -0.2) is 0 Å². The van der Waals surface area contributed by atoms with Gasteiger partial charge in [0.1, 0.15) is 0 Å². The van der Waals surface area contributed by atoms with Gasteiger partial charge in [0.25, 0.3) is 0 Å². The number of nitrogens with zero attached hydrogens (tertiary/aromatic N) is 3. The first-order valence-corrected chi connectivity index (χ1v) is 26.4. The molecule has 0 aromatic rings. The van der Waals surface area contributed by atoms with Crippen LogP contribution in [0.3, 0.4) is 0 Å². The molecule has 6 saturated carbocycles. The van der Waals surface area contributed by atoms with Gasteiger partial charge < -0.3 is 15.3 Å². The SMILES string of the molecule is C1CCC([N-][P+]2(NC3CCCCC3)N[P+]([N-]C3CCCCC3)(NC3CCCCC3)N[P+]([N-]C3CCCCC3)(NC3CCCCC3)N2)CC1. The molecule has 1 saturated heterocycles. The Balaban J connectivity index is 1.30. The zero-order chi connectivity index (χ0) is 32.5. The number of rotatable bonds is 12. The number of hydrogen-bond acceptors (Lipinski definition) is 6. The summed E-state index contributed by atoms with van der Waals surface area (Å²) in [6, 6.07) is 2.77. The fraction of sp³-hybridized carbons (Fsp3) is 1.00. The Morgan fingerprint density at radius 3 is 0.729 bits per heavy atom. The van der Waals surface area contributed by atoms with Crippen LogP contribution in [0.5, 0.6) is 0 Å². The molecule has 48 heavy (non-hydrogen) atoms. The molecule has 1 aliphatic heterocycles. The molecule has 6 aliphatic carbocycles. The molecule has 0 unspecified atom stereocenters. The highest BCUT2D eigenvalue weighted by Gasteiger charge is 2.63. The van der Waals surface area contributed by atoms with Crippen molar-refractivity contribution in [3.8, 4) is 0 Å². The molecule has 7 rings (SSSR count). The van der Waals surface area contributed by atoms with Gasteiger partial charge >= 0.3 is 0 Å². The Kier molecular flexibility index (Phi) is 14.2. The Labute approximate surface area is 296 Å². The Hall–Kier alpha value is 0.930. The zero-order valence-electron chi connectivity index (χ0n) is 30.4. The van der Waals surface area contributed by atoms with Gasteiger partial charge in [0, 0.05) is 18.1 Å². The third kappa shape index (κ3) is 10.5. The average molecular weight is 724 g/mol. The van der Waals surface area contributed by atoms with E-state index >= 15 is 0 Å². The van der Waals surface area contributed by atoms with Crippen molar-refractivity contribution in [1.82, 2.24) is 29.8 Å². The molecular formula is C36H72N9P3. The minimum Gasteiger partial charge on any atom is -0.435 e. The monoisotopic (exact) mass is 724 g/mol. The van der Waals surface area contributed by atoms with E-state index in [1.807, 2.05) is 0 Å². The number of hydrogen-bond donors (Lipinski definition) is 6. The molecule has 0 radical (unpaired) electrons. The minimum atomic E-state index is -2.44. The van der Waals surface area contributed by atoms with Crippen LogP contribution in [0, 0.1) is 0 Å². The summed E-state index contributed by atoms with van der Waals surface area (Å²) in [4.78, 5) is 13.4. The summed E-state index contributed by atoms with van der Waals surface area (Å²) < 4.78 is 0. The summed E-state index contributed by atoms with van der Waals surface area (Å²) >= 11 is 0. The van der Waals surface area contributed by atoms with Gasteiger partial charge in [-0.1, -0.05) is 154 Å². The molecule has 0 atom stereocenters. The molecule has 7 aliphatic rings. The van der Waals surface area contributed by atoms with Crippen LogP contribution in [-0.2, 0) is 0 Å². The third-order valence-corrected chi connectivity index (χ3v) is 23.7. The lowest BCUT2D eigenvalue weighted by Crippen LogP contribution is -2.58. The maximum absolute atomic E-state index is 6.08. The second-order valence-electron chi connectivity index (χ2n) is 16.8. The summed E-state index contributed by atoms with van der Waals surface area (Å²) in [5, 5.41) is 31.5. The average Bonchev–Trinajstić information content (AvgIpc) is 3.10. The predicted octanol–water partition coefficient (Wildman–Crippen LogP) is 11.7. The van der Waals surface area contributed by atoms with E-state index in [4.69, 9.17) is 15.3 Å². The second-order valence-corrected chi connectivity index (χ2v) is 24.5. The lowest BCUT2D eigenvalue weighted by molar-refractivity contribution is 0.411. The maximum Gasteiger partial charge on any atom is 0.224 e. The maximum atomic E-state index is 6.08. The van der Waals surface area contributed by atoms with Gasteiger partial charge in [-0.15, -0.1) is 18.1 Å². The molecule has 0 aromatic heterocycles. The first kappa shape index (κ1) is 37.3. The van der Waals surface area contributed by atoms with E-state index in [1.165, 1.54) is 193 Å². The van der Waals surface area contributed by atoms with Crippen LogP contribution in [0.25, 0.3) is 15.3 Å². The quantitative estimate of drug-likeness (QED) is 0.112. The zero-order valence-corrected chi connectivity index (χ0v) is 33.0. The van der Waals surface area contributed by atoms with E-state index in [9.17, 15) is 0 Å². The molecule has 0 spiro atoms. The van der Waals surface area contributed by atoms with E-state index in [-0.39, 0.29) is 0 Å². The van der Waals surface area contributed by atoms with Crippen LogP contribution in [0.2, 0.25) is 0 Å². The van der Waals surface area contributed by atoms with Crippen molar-refractivity contribution in [2.45, 2.75) is 229 Å². The summed E-state index contributed by atoms with van der Waals surface area (Å²) in [7, 11) is -7.33. The molecule has 12 heteroatoms. The molecule has 0 aromatic carbocycles. The van der Waals surface area contributed by atoms with Crippen molar-refractivity contribution in [3.05, 3.63) is 15.3 Å². The fourth-order valence-corrected chi connectivity index (χ4v) is 24.1. The minimum absolute atomic E-state index is 0.416. The van der Waals surface area contributed by atoms with Crippen molar-refractivity contribution < 1.29 is 0 Å². The lowest BCUT2D eigenvalue weighted by atomic mass is 9.96. The number of nitrogens with one attached hydrogen (secondary N) is 6. The van der Waals surface area contributed by atoms with Gasteiger partial charge in [-0.2, -0.15) is 15.3 Å². The summed E-state index contributed by atoms with van der Waals surface area (Å²) in [5.74, 6) is 0. The normalized spacial score (nSPS) is 36.8. The highest BCUT2D eigenvalue weighted by Crippen LogP contribution is 2.83. The van der Waals surface area contributed by atoms with Crippen molar-refractivity contribution in [2.24, 2.45) is 0 Å². The molecular weight excluding hydrogens is 651 g/mol. The van der Waals surface area contributed by atoms with Crippen molar-refractivity contribution in [2.75, 3.05) is 0 Å². The van der Waals surface area contributed by atoms with E-state index < -0.39 is 23.6 Å². The van der Waals surface area contributed by atoms with Crippen LogP contribution < -0.4 is 29.8 Å². The Bertz CT molecular complexity index is 750. The van der Waals surface area contributed by atoms with E-state index in [0.29, 0.717) is 36.3 Å². The van der Waals surface area contributed by atoms with Gasteiger partial charge in [0.2, 0.25) is 23.6 Å². The largest absolute Gasteiger partial charge is 0.435 e. The van der Waals surface area contributed by atoms with Crippen molar-refractivity contribution in [1.29, 1.82) is 0 Å². The predicted molar refractivity (Wildman–Crippen MR) is 211 cm³/mol. The van der Waals surface area contributed by atoms with Crippen LogP contribution in [0.1, 0.15) is 193 Å². The van der Waals surface area contributed by atoms with E-state index in [1.54, 1.807) is 0 Å². The van der Waals surface area contributed by atoms with Gasteiger partial charge in [0.05, 0.1) is 0 Å². The summed E-state index contributed by atoms with van der Waals surface area (Å²) in [6.07, 6.45) is 39.1. The van der Waals surface area contributed by atoms with Crippen molar-refractivity contribution >= 4 is 23.6 Å². The van der Waals surface area contributed by atoms with Crippen LogP contribution in [0.15, 0.2) is 0 Å². The summed E-state index contributed by atoms with van der Waals surface area (Å²) in [5.41, 5.74) is 0. The molecule has 0 amide bonds. The topological polar surface area (TPSA) is 114 Å². The molecule has 7 fully saturated rings. The molecule has 6 N–H and O–H groups in total. The Morgan fingerprint density at radius 1 is 0.292 bits per heavy atom. The van der Waals surface area contributed by atoms with E-state index in [2.05, 4.69) is 29.8 Å². The lowest BCUT2D eigenvalue weighted by Gasteiger charge is -2.58. The molecule has 9 nitrogen and oxygen atoms in total. The van der Waals surface area contributed by atoms with Gasteiger partial charge in [-0.05, 0) is 53.1 Å². The molecule has 1 heterocycles. The standard InChI is InChI=1S/C36H72N9P3/c1-7-19-31(20-8-1)37-46(38-32-21-9-2-10-22-32)43-47(39-33-23-11-3-12-24-33,40-34-25-13-4-14-26-34)45-48(44-46,41-35-27-15-5-16-28-35)42-36-29-17-6-18-30-36/h31-37,39,41,43-45H,1-30H2. The molecule has 276 valence electrons. The third-order valence-electron chi connectivity index (χ3n) is 12.5. The highest BCUT2D eigenvalue weighted by molar-refractivity contribution is 8.01. The molecule has 0 bridgehead atoms. The van der Waals surface area contributed by atoms with Gasteiger partial charge in [-0.3, -0.25) is 0 Å². The van der Waals surface area contributed by atoms with Gasteiger partial charge in [0.15, 0.2) is 0 Å². The highest BCUT2D eigenvalue weighted by atomic mass is 31.3. The van der Waals surface area contributed by atoms with Crippen molar-refractivity contribution in [3.63, 3.8) is 0 Å². The first-order valence-electron chi connectivity index (χ1n) is 21.2. The second kappa shape index (κ2) is 18.3. The first-order chi connectivity index (χ1) is 23.6. The smallest absolute Gasteiger partial charge is 0.224 e. The van der Waals surface area contributed by atoms with E-state index in [0.717, 1.165) is 0 Å². The Morgan fingerprint density at radius 2 is 0.500 bits per heavy atom.